The van der Waals surface area contributed by atoms with Crippen molar-refractivity contribution in [2.75, 3.05) is 18.1 Å². The van der Waals surface area contributed by atoms with Gasteiger partial charge in [-0.25, -0.2) is 0 Å². The Bertz CT molecular complexity index is 1180. The first kappa shape index (κ1) is 23.2. The molecule has 1 aliphatic carbocycles. The highest BCUT2D eigenvalue weighted by Crippen LogP contribution is 2.42. The highest BCUT2D eigenvalue weighted by Gasteiger charge is 2.27. The van der Waals surface area contributed by atoms with Crippen LogP contribution in [0.3, 0.4) is 0 Å². The maximum Gasteiger partial charge on any atom is 0.303 e. The van der Waals surface area contributed by atoms with Crippen LogP contribution in [0.25, 0.3) is 11.1 Å². The molecular weight excluding hydrogens is 438 g/mol. The number of hydrogen-bond acceptors (Lipinski definition) is 3. The van der Waals surface area contributed by atoms with Gasteiger partial charge in [-0.05, 0) is 60.3 Å². The third-order valence-corrected chi connectivity index (χ3v) is 7.35. The van der Waals surface area contributed by atoms with E-state index in [0.717, 1.165) is 53.8 Å². The molecule has 0 unspecified atom stereocenters. The zero-order chi connectivity index (χ0) is 24.2. The summed E-state index contributed by atoms with van der Waals surface area (Å²) in [4.78, 5) is 26.0. The van der Waals surface area contributed by atoms with Crippen molar-refractivity contribution in [3.63, 3.8) is 0 Å². The summed E-state index contributed by atoms with van der Waals surface area (Å²) in [5, 5.41) is 9.05. The van der Waals surface area contributed by atoms with Gasteiger partial charge in [0.05, 0.1) is 18.7 Å². The molecule has 0 bridgehead atoms. The number of aliphatic carboxylic acids is 1. The number of carboxylic acids is 1. The Morgan fingerprint density at radius 3 is 2.34 bits per heavy atom. The first-order chi connectivity index (χ1) is 17.1. The normalized spacial score (nSPS) is 19.5. The molecule has 5 heteroatoms. The van der Waals surface area contributed by atoms with E-state index in [1.165, 1.54) is 5.56 Å². The second kappa shape index (κ2) is 10.3. The Kier molecular flexibility index (Phi) is 6.84. The highest BCUT2D eigenvalue weighted by atomic mass is 16.5. The van der Waals surface area contributed by atoms with E-state index in [1.54, 1.807) is 0 Å². The van der Waals surface area contributed by atoms with Crippen LogP contribution in [-0.4, -0.2) is 30.1 Å². The molecule has 180 valence electrons. The van der Waals surface area contributed by atoms with E-state index < -0.39 is 5.97 Å². The Morgan fingerprint density at radius 1 is 0.886 bits per heavy atom. The predicted octanol–water partition coefficient (Wildman–Crippen LogP) is 6.07. The molecule has 0 aromatic heterocycles. The van der Waals surface area contributed by atoms with Crippen LogP contribution in [0.5, 0.6) is 5.75 Å². The molecule has 1 saturated carbocycles. The Balaban J connectivity index is 1.32. The molecule has 0 atom stereocenters. The van der Waals surface area contributed by atoms with Crippen LogP contribution < -0.4 is 9.64 Å². The van der Waals surface area contributed by atoms with Crippen molar-refractivity contribution in [3.05, 3.63) is 83.9 Å². The van der Waals surface area contributed by atoms with Gasteiger partial charge >= 0.3 is 5.97 Å². The van der Waals surface area contributed by atoms with Gasteiger partial charge in [0.1, 0.15) is 6.61 Å². The van der Waals surface area contributed by atoms with Gasteiger partial charge in [-0.2, -0.15) is 0 Å². The number of fused-ring (bicyclic) bond motifs is 1. The van der Waals surface area contributed by atoms with Crippen LogP contribution in [0.1, 0.15) is 49.1 Å². The zero-order valence-electron chi connectivity index (χ0n) is 19.9. The Morgan fingerprint density at radius 2 is 1.63 bits per heavy atom. The van der Waals surface area contributed by atoms with Crippen molar-refractivity contribution in [1.29, 1.82) is 0 Å². The van der Waals surface area contributed by atoms with Gasteiger partial charge in [0.15, 0.2) is 5.75 Å². The van der Waals surface area contributed by atoms with E-state index in [1.807, 2.05) is 47.4 Å². The van der Waals surface area contributed by atoms with Crippen molar-refractivity contribution in [1.82, 2.24) is 0 Å². The number of rotatable bonds is 6. The lowest BCUT2D eigenvalue weighted by atomic mass is 9.77. The number of carbonyl (C=O) groups is 2. The standard InChI is InChI=1S/C30H31NO4/c32-28(19-21-5-2-1-3-6-21)31-17-18-35-30-26(7-4-8-27(30)31)25-15-13-24(14-16-25)23-11-9-22(10-12-23)20-29(33)34/h1-8,13-16,22-23H,9-12,17-20H2,(H,33,34). The molecule has 3 aromatic carbocycles. The highest BCUT2D eigenvalue weighted by molar-refractivity contribution is 5.98. The molecule has 0 radical (unpaired) electrons. The minimum absolute atomic E-state index is 0.0757. The van der Waals surface area contributed by atoms with Gasteiger partial charge in [-0.15, -0.1) is 0 Å². The number of ether oxygens (including phenoxy) is 1. The Hall–Kier alpha value is -3.60. The number of hydrogen-bond donors (Lipinski definition) is 1. The summed E-state index contributed by atoms with van der Waals surface area (Å²) in [6.45, 7) is 1.02. The molecule has 35 heavy (non-hydrogen) atoms. The molecule has 0 saturated heterocycles. The summed E-state index contributed by atoms with van der Waals surface area (Å²) in [5.41, 5.74) is 5.22. The number of anilines is 1. The molecule has 2 aliphatic rings. The van der Waals surface area contributed by atoms with Crippen LogP contribution in [0.15, 0.2) is 72.8 Å². The van der Waals surface area contributed by atoms with Crippen molar-refractivity contribution in [2.24, 2.45) is 5.92 Å². The number of amides is 1. The second-order valence-corrected chi connectivity index (χ2v) is 9.65. The fourth-order valence-corrected chi connectivity index (χ4v) is 5.48. The molecule has 1 aliphatic heterocycles. The van der Waals surface area contributed by atoms with E-state index in [9.17, 15) is 9.59 Å². The Labute approximate surface area is 206 Å². The number of carbonyl (C=O) groups excluding carboxylic acids is 1. The van der Waals surface area contributed by atoms with Gasteiger partial charge < -0.3 is 14.7 Å². The summed E-state index contributed by atoms with van der Waals surface area (Å²) in [5.74, 6) is 0.949. The monoisotopic (exact) mass is 469 g/mol. The quantitative estimate of drug-likeness (QED) is 0.476. The third-order valence-electron chi connectivity index (χ3n) is 7.35. The fourth-order valence-electron chi connectivity index (χ4n) is 5.48. The van der Waals surface area contributed by atoms with Crippen molar-refractivity contribution in [2.45, 2.75) is 44.4 Å². The average molecular weight is 470 g/mol. The lowest BCUT2D eigenvalue weighted by Crippen LogP contribution is -2.39. The lowest BCUT2D eigenvalue weighted by Gasteiger charge is -2.31. The van der Waals surface area contributed by atoms with Gasteiger partial charge in [-0.1, -0.05) is 66.7 Å². The van der Waals surface area contributed by atoms with Gasteiger partial charge in [-0.3, -0.25) is 9.59 Å². The molecule has 5 rings (SSSR count). The van der Waals surface area contributed by atoms with E-state index in [0.29, 0.717) is 31.4 Å². The average Bonchev–Trinajstić information content (AvgIpc) is 2.89. The third kappa shape index (κ3) is 5.24. The largest absolute Gasteiger partial charge is 0.489 e. The second-order valence-electron chi connectivity index (χ2n) is 9.65. The first-order valence-corrected chi connectivity index (χ1v) is 12.5. The van der Waals surface area contributed by atoms with E-state index in [2.05, 4.69) is 30.3 Å². The van der Waals surface area contributed by atoms with Crippen LogP contribution in [-0.2, 0) is 16.0 Å². The SMILES string of the molecule is O=C(O)CC1CCC(c2ccc(-c3cccc4c3OCCN4C(=O)Cc3ccccc3)cc2)CC1. The van der Waals surface area contributed by atoms with E-state index >= 15 is 0 Å². The number of benzene rings is 3. The van der Waals surface area contributed by atoms with Gasteiger partial charge in [0.25, 0.3) is 0 Å². The molecule has 5 nitrogen and oxygen atoms in total. The molecule has 1 N–H and O–H groups in total. The molecule has 3 aromatic rings. The van der Waals surface area contributed by atoms with Crippen molar-refractivity contribution < 1.29 is 19.4 Å². The molecular formula is C30H31NO4. The van der Waals surface area contributed by atoms with Crippen molar-refractivity contribution >= 4 is 17.6 Å². The zero-order valence-corrected chi connectivity index (χ0v) is 19.9. The maximum absolute atomic E-state index is 13.1. The van der Waals surface area contributed by atoms with E-state index in [4.69, 9.17) is 9.84 Å². The molecule has 0 spiro atoms. The van der Waals surface area contributed by atoms with Crippen LogP contribution in [0.2, 0.25) is 0 Å². The van der Waals surface area contributed by atoms with Gasteiger partial charge in [0.2, 0.25) is 5.91 Å². The summed E-state index contributed by atoms with van der Waals surface area (Å²) >= 11 is 0. The predicted molar refractivity (Wildman–Crippen MR) is 137 cm³/mol. The fraction of sp³-hybridized carbons (Fsp3) is 0.333. The van der Waals surface area contributed by atoms with Crippen LogP contribution >= 0.6 is 0 Å². The smallest absolute Gasteiger partial charge is 0.303 e. The van der Waals surface area contributed by atoms with Crippen molar-refractivity contribution in [3.8, 4) is 16.9 Å². The summed E-state index contributed by atoms with van der Waals surface area (Å²) in [7, 11) is 0. The number of nitrogens with zero attached hydrogens (tertiary/aromatic N) is 1. The van der Waals surface area contributed by atoms with Crippen LogP contribution in [0, 0.1) is 5.92 Å². The maximum atomic E-state index is 13.1. The lowest BCUT2D eigenvalue weighted by molar-refractivity contribution is -0.138. The summed E-state index contributed by atoms with van der Waals surface area (Å²) < 4.78 is 6.09. The minimum Gasteiger partial charge on any atom is -0.489 e. The number of para-hydroxylation sites is 1. The molecule has 1 heterocycles. The van der Waals surface area contributed by atoms with Crippen LogP contribution in [0.4, 0.5) is 5.69 Å². The molecule has 1 amide bonds. The minimum atomic E-state index is -0.688. The van der Waals surface area contributed by atoms with Gasteiger partial charge in [0, 0.05) is 12.0 Å². The van der Waals surface area contributed by atoms with E-state index in [-0.39, 0.29) is 12.3 Å². The number of carboxylic acid groups (broad SMARTS) is 1. The first-order valence-electron chi connectivity index (χ1n) is 12.5. The summed E-state index contributed by atoms with van der Waals surface area (Å²) in [6.07, 6.45) is 4.69. The topological polar surface area (TPSA) is 66.8 Å². The molecule has 1 fully saturated rings. The summed E-state index contributed by atoms with van der Waals surface area (Å²) in [6, 6.07) is 24.5.